The van der Waals surface area contributed by atoms with Gasteiger partial charge in [-0.3, -0.25) is 14.9 Å². The van der Waals surface area contributed by atoms with Crippen LogP contribution >= 0.6 is 0 Å². The summed E-state index contributed by atoms with van der Waals surface area (Å²) in [6.07, 6.45) is 0.349. The molecule has 1 aromatic rings. The molecule has 16 heavy (non-hydrogen) atoms. The Balaban J connectivity index is 3.19. The van der Waals surface area contributed by atoms with E-state index in [-0.39, 0.29) is 11.3 Å². The van der Waals surface area contributed by atoms with Crippen LogP contribution in [0.25, 0.3) is 0 Å². The zero-order chi connectivity index (χ0) is 12.1. The monoisotopic (exact) mass is 218 g/mol. The van der Waals surface area contributed by atoms with Crippen LogP contribution in [0.5, 0.6) is 0 Å². The molecule has 0 bridgehead atoms. The van der Waals surface area contributed by atoms with Crippen LogP contribution in [0.2, 0.25) is 0 Å². The zero-order valence-corrected chi connectivity index (χ0v) is 8.71. The number of ketones is 1. The molecule has 5 heteroatoms. The lowest BCUT2D eigenvalue weighted by molar-refractivity contribution is -0.385. The largest absolute Gasteiger partial charge is 0.292 e. The molecule has 0 fully saturated rings. The number of nitro benzene ring substituents is 1. The molecule has 0 N–H and O–H groups in total. The summed E-state index contributed by atoms with van der Waals surface area (Å²) in [7, 11) is 0. The van der Waals surface area contributed by atoms with Gasteiger partial charge in [0.05, 0.1) is 16.6 Å². The standard InChI is InChI=1S/C11H10N2O3/c1-2-8(7-12)11(14)9-5-3-4-6-10(9)13(15)16/h3-6,8H,2H2,1H3. The average molecular weight is 218 g/mol. The first kappa shape index (κ1) is 11.9. The molecule has 0 saturated carbocycles. The Morgan fingerprint density at radius 2 is 2.19 bits per heavy atom. The number of carbonyl (C=O) groups excluding carboxylic acids is 1. The highest BCUT2D eigenvalue weighted by atomic mass is 16.6. The lowest BCUT2D eigenvalue weighted by Crippen LogP contribution is -2.13. The van der Waals surface area contributed by atoms with Crippen molar-refractivity contribution in [3.8, 4) is 6.07 Å². The Morgan fingerprint density at radius 3 is 2.69 bits per heavy atom. The van der Waals surface area contributed by atoms with E-state index in [0.29, 0.717) is 6.42 Å². The first-order chi connectivity index (χ1) is 7.61. The van der Waals surface area contributed by atoms with Crippen molar-refractivity contribution in [3.05, 3.63) is 39.9 Å². The number of hydrogen-bond donors (Lipinski definition) is 0. The molecule has 0 spiro atoms. The summed E-state index contributed by atoms with van der Waals surface area (Å²) in [5, 5.41) is 19.4. The Hall–Kier alpha value is -2.22. The molecule has 0 aromatic heterocycles. The van der Waals surface area contributed by atoms with Gasteiger partial charge in [-0.15, -0.1) is 0 Å². The number of nitrogens with zero attached hydrogens (tertiary/aromatic N) is 2. The molecule has 1 unspecified atom stereocenters. The van der Waals surface area contributed by atoms with Crippen molar-refractivity contribution in [1.29, 1.82) is 5.26 Å². The van der Waals surface area contributed by atoms with Gasteiger partial charge in [-0.25, -0.2) is 0 Å². The van der Waals surface area contributed by atoms with Crippen LogP contribution in [-0.4, -0.2) is 10.7 Å². The molecule has 0 radical (unpaired) electrons. The lowest BCUT2D eigenvalue weighted by atomic mass is 9.95. The molecule has 0 aliphatic rings. The first-order valence-corrected chi connectivity index (χ1v) is 4.79. The lowest BCUT2D eigenvalue weighted by Gasteiger charge is -2.05. The highest BCUT2D eigenvalue weighted by Crippen LogP contribution is 2.22. The second-order valence-corrected chi connectivity index (χ2v) is 3.23. The van der Waals surface area contributed by atoms with Crippen LogP contribution in [0.4, 0.5) is 5.69 Å². The van der Waals surface area contributed by atoms with Gasteiger partial charge < -0.3 is 0 Å². The minimum absolute atomic E-state index is 0.000833. The van der Waals surface area contributed by atoms with E-state index < -0.39 is 16.6 Å². The predicted octanol–water partition coefficient (Wildman–Crippen LogP) is 2.33. The summed E-state index contributed by atoms with van der Waals surface area (Å²) in [5.41, 5.74) is -0.248. The molecule has 0 amide bonds. The number of benzene rings is 1. The predicted molar refractivity (Wildman–Crippen MR) is 56.8 cm³/mol. The highest BCUT2D eigenvalue weighted by Gasteiger charge is 2.24. The maximum Gasteiger partial charge on any atom is 0.280 e. The summed E-state index contributed by atoms with van der Waals surface area (Å²) in [5.74, 6) is -1.31. The van der Waals surface area contributed by atoms with Crippen LogP contribution in [0.1, 0.15) is 23.7 Å². The molecule has 0 heterocycles. The maximum atomic E-state index is 11.8. The molecule has 1 rings (SSSR count). The van der Waals surface area contributed by atoms with Crippen LogP contribution in [0.15, 0.2) is 24.3 Å². The fourth-order valence-corrected chi connectivity index (χ4v) is 1.36. The number of hydrogen-bond acceptors (Lipinski definition) is 4. The van der Waals surface area contributed by atoms with E-state index >= 15 is 0 Å². The van der Waals surface area contributed by atoms with Gasteiger partial charge in [0.15, 0.2) is 5.78 Å². The minimum Gasteiger partial charge on any atom is -0.292 e. The maximum absolute atomic E-state index is 11.8. The van der Waals surface area contributed by atoms with Gasteiger partial charge in [0.25, 0.3) is 5.69 Å². The molecule has 0 saturated heterocycles. The summed E-state index contributed by atoms with van der Waals surface area (Å²) < 4.78 is 0. The van der Waals surface area contributed by atoms with Crippen LogP contribution in [-0.2, 0) is 0 Å². The van der Waals surface area contributed by atoms with Crippen molar-refractivity contribution < 1.29 is 9.72 Å². The Morgan fingerprint density at radius 1 is 1.56 bits per heavy atom. The van der Waals surface area contributed by atoms with E-state index in [9.17, 15) is 14.9 Å². The fourth-order valence-electron chi connectivity index (χ4n) is 1.36. The van der Waals surface area contributed by atoms with E-state index in [4.69, 9.17) is 5.26 Å². The number of Topliss-reactive ketones (excluding diaryl/α,β-unsaturated/α-hetero) is 1. The van der Waals surface area contributed by atoms with Crippen molar-refractivity contribution in [2.75, 3.05) is 0 Å². The summed E-state index contributed by atoms with van der Waals surface area (Å²) in [6.45, 7) is 1.69. The van der Waals surface area contributed by atoms with Crippen LogP contribution in [0, 0.1) is 27.4 Å². The molecule has 0 aliphatic carbocycles. The highest BCUT2D eigenvalue weighted by molar-refractivity contribution is 6.02. The van der Waals surface area contributed by atoms with Gasteiger partial charge in [-0.05, 0) is 12.5 Å². The van der Waals surface area contributed by atoms with Crippen LogP contribution in [0.3, 0.4) is 0 Å². The smallest absolute Gasteiger partial charge is 0.280 e. The van der Waals surface area contributed by atoms with Crippen molar-refractivity contribution in [1.82, 2.24) is 0 Å². The fraction of sp³-hybridized carbons (Fsp3) is 0.273. The molecule has 1 aromatic carbocycles. The van der Waals surface area contributed by atoms with Gasteiger partial charge in [-0.2, -0.15) is 5.26 Å². The number of para-hydroxylation sites is 1. The van der Waals surface area contributed by atoms with Gasteiger partial charge in [-0.1, -0.05) is 19.1 Å². The van der Waals surface area contributed by atoms with E-state index in [1.54, 1.807) is 13.0 Å². The van der Waals surface area contributed by atoms with Gasteiger partial charge in [0, 0.05) is 6.07 Å². The number of carbonyl (C=O) groups is 1. The average Bonchev–Trinajstić information content (AvgIpc) is 2.30. The Labute approximate surface area is 92.5 Å². The normalized spacial score (nSPS) is 11.5. The quantitative estimate of drug-likeness (QED) is 0.441. The molecular formula is C11H10N2O3. The van der Waals surface area contributed by atoms with Crippen molar-refractivity contribution in [2.45, 2.75) is 13.3 Å². The van der Waals surface area contributed by atoms with E-state index in [1.807, 2.05) is 6.07 Å². The third kappa shape index (κ3) is 2.23. The third-order valence-electron chi connectivity index (χ3n) is 2.25. The van der Waals surface area contributed by atoms with Crippen molar-refractivity contribution >= 4 is 11.5 Å². The molecule has 1 atom stereocenters. The van der Waals surface area contributed by atoms with E-state index in [0.717, 1.165) is 0 Å². The number of rotatable bonds is 4. The number of nitriles is 1. The second kappa shape index (κ2) is 5.03. The minimum atomic E-state index is -0.818. The molecule has 5 nitrogen and oxygen atoms in total. The summed E-state index contributed by atoms with van der Waals surface area (Å²) >= 11 is 0. The summed E-state index contributed by atoms with van der Waals surface area (Å²) in [4.78, 5) is 21.9. The van der Waals surface area contributed by atoms with Gasteiger partial charge in [0.2, 0.25) is 0 Å². The zero-order valence-electron chi connectivity index (χ0n) is 8.71. The number of nitro groups is 1. The first-order valence-electron chi connectivity index (χ1n) is 4.79. The Kier molecular flexibility index (Phi) is 3.72. The van der Waals surface area contributed by atoms with Gasteiger partial charge >= 0.3 is 0 Å². The van der Waals surface area contributed by atoms with E-state index in [2.05, 4.69) is 0 Å². The summed E-state index contributed by atoms with van der Waals surface area (Å²) in [6, 6.07) is 7.51. The van der Waals surface area contributed by atoms with Gasteiger partial charge in [0.1, 0.15) is 5.92 Å². The molecular weight excluding hydrogens is 208 g/mol. The topological polar surface area (TPSA) is 84.0 Å². The molecule has 82 valence electrons. The third-order valence-corrected chi connectivity index (χ3v) is 2.25. The Bertz CT molecular complexity index is 463. The van der Waals surface area contributed by atoms with E-state index in [1.165, 1.54) is 18.2 Å². The van der Waals surface area contributed by atoms with Crippen LogP contribution < -0.4 is 0 Å². The molecule has 0 aliphatic heterocycles. The second-order valence-electron chi connectivity index (χ2n) is 3.23. The SMILES string of the molecule is CCC(C#N)C(=O)c1ccccc1[N+](=O)[O-]. The van der Waals surface area contributed by atoms with Crippen molar-refractivity contribution in [3.63, 3.8) is 0 Å². The van der Waals surface area contributed by atoms with Crippen molar-refractivity contribution in [2.24, 2.45) is 5.92 Å².